The third-order valence-corrected chi connectivity index (χ3v) is 3.08. The fraction of sp³-hybridized carbons (Fsp3) is 0.286. The number of carbonyl (C=O) groups is 2. The second kappa shape index (κ2) is 3.84. The second-order valence-corrected chi connectivity index (χ2v) is 4.55. The average molecular weight is 230 g/mol. The number of allylic oxidation sites excluding steroid dienone is 2. The summed E-state index contributed by atoms with van der Waals surface area (Å²) in [6.07, 6.45) is 0. The Morgan fingerprint density at radius 2 is 1.76 bits per heavy atom. The molecule has 0 amide bonds. The number of phenols is 1. The van der Waals surface area contributed by atoms with Crippen LogP contribution in [0, 0.1) is 5.92 Å². The predicted molar refractivity (Wildman–Crippen MR) is 64.3 cm³/mol. The van der Waals surface area contributed by atoms with E-state index in [1.165, 1.54) is 6.07 Å². The number of carbonyl (C=O) groups excluding carboxylic acids is 2. The molecule has 0 fully saturated rings. The van der Waals surface area contributed by atoms with Crippen molar-refractivity contribution in [1.82, 2.24) is 0 Å². The number of rotatable bonds is 1. The molecule has 0 saturated carbocycles. The van der Waals surface area contributed by atoms with Crippen molar-refractivity contribution < 1.29 is 14.7 Å². The minimum Gasteiger partial charge on any atom is -0.507 e. The van der Waals surface area contributed by atoms with Gasteiger partial charge in [-0.3, -0.25) is 9.59 Å². The van der Waals surface area contributed by atoms with Crippen molar-refractivity contribution in [2.75, 3.05) is 0 Å². The fourth-order valence-corrected chi connectivity index (χ4v) is 2.29. The van der Waals surface area contributed by atoms with Crippen molar-refractivity contribution >= 4 is 11.6 Å². The molecule has 0 aromatic heterocycles. The third kappa shape index (κ3) is 1.58. The van der Waals surface area contributed by atoms with E-state index in [1.54, 1.807) is 19.1 Å². The number of aromatic hydroxyl groups is 1. The van der Waals surface area contributed by atoms with Gasteiger partial charge >= 0.3 is 0 Å². The minimum absolute atomic E-state index is 0.0285. The zero-order valence-electron chi connectivity index (χ0n) is 10.1. The monoisotopic (exact) mass is 230 g/mol. The molecule has 0 spiro atoms. The first kappa shape index (κ1) is 11.6. The first-order chi connectivity index (χ1) is 7.95. The summed E-state index contributed by atoms with van der Waals surface area (Å²) in [6.45, 7) is 5.41. The molecule has 3 nitrogen and oxygen atoms in total. The van der Waals surface area contributed by atoms with E-state index in [2.05, 4.69) is 0 Å². The highest BCUT2D eigenvalue weighted by Crippen LogP contribution is 2.34. The Bertz CT molecular complexity index is 551. The molecule has 1 aromatic carbocycles. The van der Waals surface area contributed by atoms with Crippen LogP contribution in [0.15, 0.2) is 29.3 Å². The summed E-state index contributed by atoms with van der Waals surface area (Å²) < 4.78 is 0. The van der Waals surface area contributed by atoms with E-state index in [-0.39, 0.29) is 28.8 Å². The van der Waals surface area contributed by atoms with E-state index in [9.17, 15) is 14.7 Å². The lowest BCUT2D eigenvalue weighted by atomic mass is 9.80. The largest absolute Gasteiger partial charge is 0.507 e. The Hall–Kier alpha value is -1.90. The zero-order chi connectivity index (χ0) is 12.7. The average Bonchev–Trinajstić information content (AvgIpc) is 2.25. The van der Waals surface area contributed by atoms with Crippen molar-refractivity contribution in [1.29, 1.82) is 0 Å². The maximum atomic E-state index is 12.3. The molecule has 88 valence electrons. The smallest absolute Gasteiger partial charge is 0.194 e. The van der Waals surface area contributed by atoms with E-state index in [4.69, 9.17) is 0 Å². The van der Waals surface area contributed by atoms with Gasteiger partial charge in [-0.05, 0) is 18.9 Å². The van der Waals surface area contributed by atoms with Crippen LogP contribution < -0.4 is 0 Å². The van der Waals surface area contributed by atoms with Crippen LogP contribution in [-0.4, -0.2) is 16.7 Å². The van der Waals surface area contributed by atoms with Gasteiger partial charge in [0.2, 0.25) is 0 Å². The zero-order valence-corrected chi connectivity index (χ0v) is 10.1. The van der Waals surface area contributed by atoms with Crippen molar-refractivity contribution in [3.8, 4) is 5.75 Å². The summed E-state index contributed by atoms with van der Waals surface area (Å²) in [7, 11) is 0. The number of phenolic OH excluding ortho intramolecular Hbond substituents is 1. The number of ketones is 2. The van der Waals surface area contributed by atoms with Crippen LogP contribution in [0.2, 0.25) is 0 Å². The molecule has 1 aromatic rings. The first-order valence-electron chi connectivity index (χ1n) is 5.57. The molecule has 17 heavy (non-hydrogen) atoms. The van der Waals surface area contributed by atoms with E-state index in [0.717, 1.165) is 0 Å². The van der Waals surface area contributed by atoms with Crippen molar-refractivity contribution in [2.24, 2.45) is 5.92 Å². The van der Waals surface area contributed by atoms with Gasteiger partial charge < -0.3 is 5.11 Å². The van der Waals surface area contributed by atoms with E-state index in [1.807, 2.05) is 13.8 Å². The van der Waals surface area contributed by atoms with Gasteiger partial charge in [0.15, 0.2) is 11.6 Å². The molecule has 2 rings (SSSR count). The number of fused-ring (bicyclic) bond motifs is 1. The molecular formula is C14H14O3. The highest BCUT2D eigenvalue weighted by Gasteiger charge is 2.32. The summed E-state index contributed by atoms with van der Waals surface area (Å²) in [5.74, 6) is -0.546. The number of benzene rings is 1. The molecule has 0 radical (unpaired) electrons. The lowest BCUT2D eigenvalue weighted by molar-refractivity contribution is 0.0964. The molecule has 0 saturated heterocycles. The molecule has 0 unspecified atom stereocenters. The normalized spacial score (nSPS) is 15.5. The van der Waals surface area contributed by atoms with Crippen molar-refractivity contribution in [3.05, 3.63) is 40.5 Å². The summed E-state index contributed by atoms with van der Waals surface area (Å²) >= 11 is 0. The molecule has 0 heterocycles. The van der Waals surface area contributed by atoms with Crippen LogP contribution in [0.5, 0.6) is 5.75 Å². The lowest BCUT2D eigenvalue weighted by Gasteiger charge is -2.21. The fourth-order valence-electron chi connectivity index (χ4n) is 2.29. The number of Topliss-reactive ketones (excluding diaryl/α,β-unsaturated/α-hetero) is 2. The van der Waals surface area contributed by atoms with Gasteiger partial charge in [-0.2, -0.15) is 0 Å². The van der Waals surface area contributed by atoms with Crippen LogP contribution in [-0.2, 0) is 0 Å². The lowest BCUT2D eigenvalue weighted by Crippen LogP contribution is -2.23. The molecule has 1 N–H and O–H groups in total. The predicted octanol–water partition coefficient (Wildman–Crippen LogP) is 2.74. The van der Waals surface area contributed by atoms with E-state index >= 15 is 0 Å². The second-order valence-electron chi connectivity index (χ2n) is 4.55. The number of hydrogen-bond donors (Lipinski definition) is 1. The quantitative estimate of drug-likeness (QED) is 0.807. The topological polar surface area (TPSA) is 54.4 Å². The maximum Gasteiger partial charge on any atom is 0.194 e. The standard InChI is InChI=1S/C14H14O3/c1-7(2)11-8(3)13(16)9-5-4-6-10(15)12(9)14(11)17/h4-7,15H,1-3H3. The molecule has 0 aliphatic heterocycles. The Kier molecular flexibility index (Phi) is 2.62. The van der Waals surface area contributed by atoms with Gasteiger partial charge in [-0.15, -0.1) is 0 Å². The SMILES string of the molecule is CC1=C(C(C)C)C(=O)c2c(O)cccc2C1=O. The molecule has 0 atom stereocenters. The van der Waals surface area contributed by atoms with Crippen LogP contribution in [0.1, 0.15) is 41.5 Å². The van der Waals surface area contributed by atoms with Gasteiger partial charge in [0, 0.05) is 16.7 Å². The van der Waals surface area contributed by atoms with Crippen molar-refractivity contribution in [2.45, 2.75) is 20.8 Å². The van der Waals surface area contributed by atoms with E-state index in [0.29, 0.717) is 16.7 Å². The number of hydrogen-bond acceptors (Lipinski definition) is 3. The van der Waals surface area contributed by atoms with Crippen LogP contribution in [0.4, 0.5) is 0 Å². The summed E-state index contributed by atoms with van der Waals surface area (Å²) in [6, 6.07) is 4.59. The first-order valence-corrected chi connectivity index (χ1v) is 5.57. The molecule has 0 bridgehead atoms. The summed E-state index contributed by atoms with van der Waals surface area (Å²) in [4.78, 5) is 24.4. The van der Waals surface area contributed by atoms with Gasteiger partial charge in [0.1, 0.15) is 5.75 Å². The van der Waals surface area contributed by atoms with Gasteiger partial charge in [-0.1, -0.05) is 26.0 Å². The van der Waals surface area contributed by atoms with E-state index < -0.39 is 0 Å². The Morgan fingerprint density at radius 1 is 1.12 bits per heavy atom. The van der Waals surface area contributed by atoms with Crippen molar-refractivity contribution in [3.63, 3.8) is 0 Å². The molecule has 1 aliphatic rings. The summed E-state index contributed by atoms with van der Waals surface area (Å²) in [5, 5.41) is 9.73. The van der Waals surface area contributed by atoms with Crippen LogP contribution in [0.25, 0.3) is 0 Å². The maximum absolute atomic E-state index is 12.3. The Balaban J connectivity index is 2.74. The Morgan fingerprint density at radius 3 is 2.35 bits per heavy atom. The highest BCUT2D eigenvalue weighted by molar-refractivity contribution is 6.27. The van der Waals surface area contributed by atoms with Gasteiger partial charge in [-0.25, -0.2) is 0 Å². The van der Waals surface area contributed by atoms with Gasteiger partial charge in [0.05, 0.1) is 5.56 Å². The van der Waals surface area contributed by atoms with Crippen LogP contribution in [0.3, 0.4) is 0 Å². The molecular weight excluding hydrogens is 216 g/mol. The molecule has 3 heteroatoms. The third-order valence-electron chi connectivity index (χ3n) is 3.08. The highest BCUT2D eigenvalue weighted by atomic mass is 16.3. The van der Waals surface area contributed by atoms with Gasteiger partial charge in [0.25, 0.3) is 0 Å². The Labute approximate surface area is 99.8 Å². The molecule has 1 aliphatic carbocycles. The summed E-state index contributed by atoms with van der Waals surface area (Å²) in [5.41, 5.74) is 1.44. The minimum atomic E-state index is -0.231. The van der Waals surface area contributed by atoms with Crippen LogP contribution >= 0.6 is 0 Å².